The minimum atomic E-state index is 0.639. The number of fused-ring (bicyclic) bond motifs is 5. The average Bonchev–Trinajstić information content (AvgIpc) is 3.66. The van der Waals surface area contributed by atoms with Crippen molar-refractivity contribution in [1.82, 2.24) is 9.97 Å². The molecular weight excluding hydrogens is 671 g/mol. The number of hydrogen-bond acceptors (Lipinski definition) is 4. The lowest BCUT2D eigenvalue weighted by atomic mass is 9.93. The quantitative estimate of drug-likeness (QED) is 0.173. The Kier molecular flexibility index (Phi) is 7.83. The minimum absolute atomic E-state index is 0.639. The molecule has 10 aromatic rings. The molecule has 8 aromatic carbocycles. The van der Waals surface area contributed by atoms with E-state index >= 15 is 0 Å². The summed E-state index contributed by atoms with van der Waals surface area (Å²) in [7, 11) is 0. The number of nitrogens with zero attached hydrogens (tertiary/aromatic N) is 3. The van der Waals surface area contributed by atoms with Crippen molar-refractivity contribution in [1.29, 1.82) is 5.26 Å². The van der Waals surface area contributed by atoms with Gasteiger partial charge in [0.25, 0.3) is 0 Å². The SMILES string of the molecule is N#Cc1ccc(-c2cc3c(oc4cccc(-c5ccc(-c6cc(-c7cccc(-c8ccccc8)c7)nc(-c7ccccc7)n6)cc5)c43)c3ccccc23)cc1. The van der Waals surface area contributed by atoms with Crippen LogP contribution in [-0.2, 0) is 0 Å². The molecule has 0 fully saturated rings. The summed E-state index contributed by atoms with van der Waals surface area (Å²) in [6.07, 6.45) is 0. The van der Waals surface area contributed by atoms with Crippen LogP contribution in [0.1, 0.15) is 5.56 Å². The molecule has 4 nitrogen and oxygen atoms in total. The minimum Gasteiger partial charge on any atom is -0.455 e. The van der Waals surface area contributed by atoms with Crippen molar-refractivity contribution in [2.45, 2.75) is 0 Å². The molecule has 0 aliphatic heterocycles. The van der Waals surface area contributed by atoms with Crippen molar-refractivity contribution >= 4 is 32.7 Å². The van der Waals surface area contributed by atoms with Gasteiger partial charge in [0.15, 0.2) is 5.82 Å². The summed E-state index contributed by atoms with van der Waals surface area (Å²) < 4.78 is 6.64. The van der Waals surface area contributed by atoms with Gasteiger partial charge in [-0.05, 0) is 75.2 Å². The highest BCUT2D eigenvalue weighted by Crippen LogP contribution is 2.43. The Hall–Kier alpha value is -7.61. The molecule has 0 N–H and O–H groups in total. The van der Waals surface area contributed by atoms with Gasteiger partial charge in [-0.3, -0.25) is 0 Å². The molecule has 0 saturated heterocycles. The molecule has 4 heteroatoms. The molecule has 0 spiro atoms. The van der Waals surface area contributed by atoms with Crippen molar-refractivity contribution in [2.75, 3.05) is 0 Å². The van der Waals surface area contributed by atoms with Crippen LogP contribution in [0.25, 0.3) is 100.0 Å². The van der Waals surface area contributed by atoms with Crippen LogP contribution < -0.4 is 0 Å². The summed E-state index contributed by atoms with van der Waals surface area (Å²) in [6.45, 7) is 0. The highest BCUT2D eigenvalue weighted by molar-refractivity contribution is 6.22. The zero-order chi connectivity index (χ0) is 36.7. The monoisotopic (exact) mass is 701 g/mol. The summed E-state index contributed by atoms with van der Waals surface area (Å²) >= 11 is 0. The van der Waals surface area contributed by atoms with Crippen LogP contribution in [0.5, 0.6) is 0 Å². The van der Waals surface area contributed by atoms with Crippen LogP contribution in [0.15, 0.2) is 192 Å². The van der Waals surface area contributed by atoms with Gasteiger partial charge >= 0.3 is 0 Å². The summed E-state index contributed by atoms with van der Waals surface area (Å²) in [5.74, 6) is 0.683. The molecule has 0 aliphatic rings. The van der Waals surface area contributed by atoms with E-state index in [1.165, 1.54) is 0 Å². The van der Waals surface area contributed by atoms with Crippen LogP contribution in [0.2, 0.25) is 0 Å². The number of aromatic nitrogens is 2. The first-order valence-electron chi connectivity index (χ1n) is 18.3. The Bertz CT molecular complexity index is 3070. The van der Waals surface area contributed by atoms with E-state index < -0.39 is 0 Å². The maximum absolute atomic E-state index is 9.42. The van der Waals surface area contributed by atoms with E-state index in [2.05, 4.69) is 140 Å². The summed E-state index contributed by atoms with van der Waals surface area (Å²) in [5, 5.41) is 13.7. The Morgan fingerprint density at radius 1 is 0.400 bits per heavy atom. The van der Waals surface area contributed by atoms with Crippen LogP contribution in [0, 0.1) is 11.3 Å². The lowest BCUT2D eigenvalue weighted by molar-refractivity contribution is 0.673. The molecule has 0 saturated carbocycles. The molecule has 55 heavy (non-hydrogen) atoms. The van der Waals surface area contributed by atoms with Crippen molar-refractivity contribution in [3.8, 4) is 73.4 Å². The highest BCUT2D eigenvalue weighted by atomic mass is 16.3. The smallest absolute Gasteiger partial charge is 0.160 e. The molecule has 0 aliphatic carbocycles. The van der Waals surface area contributed by atoms with Crippen molar-refractivity contribution in [2.24, 2.45) is 0 Å². The first-order chi connectivity index (χ1) is 27.2. The Morgan fingerprint density at radius 2 is 0.982 bits per heavy atom. The van der Waals surface area contributed by atoms with Gasteiger partial charge in [-0.1, -0.05) is 152 Å². The fourth-order valence-electron chi connectivity index (χ4n) is 7.62. The first kappa shape index (κ1) is 32.1. The normalized spacial score (nSPS) is 11.3. The maximum atomic E-state index is 9.42. The number of nitriles is 1. The zero-order valence-corrected chi connectivity index (χ0v) is 29.6. The fourth-order valence-corrected chi connectivity index (χ4v) is 7.62. The number of benzene rings is 8. The van der Waals surface area contributed by atoms with E-state index in [0.29, 0.717) is 11.4 Å². The summed E-state index contributed by atoms with van der Waals surface area (Å²) in [5.41, 5.74) is 13.7. The third kappa shape index (κ3) is 5.81. The summed E-state index contributed by atoms with van der Waals surface area (Å²) in [6, 6.07) is 66.8. The van der Waals surface area contributed by atoms with Gasteiger partial charge in [-0.25, -0.2) is 9.97 Å². The van der Waals surface area contributed by atoms with Crippen molar-refractivity contribution < 1.29 is 4.42 Å². The van der Waals surface area contributed by atoms with Crippen LogP contribution >= 0.6 is 0 Å². The van der Waals surface area contributed by atoms with Gasteiger partial charge in [-0.15, -0.1) is 0 Å². The van der Waals surface area contributed by atoms with Gasteiger partial charge in [0.2, 0.25) is 0 Å². The van der Waals surface area contributed by atoms with E-state index in [-0.39, 0.29) is 0 Å². The van der Waals surface area contributed by atoms with Gasteiger partial charge in [0.05, 0.1) is 23.0 Å². The number of hydrogen-bond donors (Lipinski definition) is 0. The molecule has 2 aromatic heterocycles. The van der Waals surface area contributed by atoms with Crippen molar-refractivity contribution in [3.63, 3.8) is 0 Å². The molecule has 0 atom stereocenters. The largest absolute Gasteiger partial charge is 0.455 e. The van der Waals surface area contributed by atoms with Crippen LogP contribution in [0.4, 0.5) is 0 Å². The Balaban J connectivity index is 1.09. The Morgan fingerprint density at radius 3 is 1.73 bits per heavy atom. The topological polar surface area (TPSA) is 62.7 Å². The van der Waals surface area contributed by atoms with Gasteiger partial charge in [0.1, 0.15) is 11.2 Å². The van der Waals surface area contributed by atoms with Crippen LogP contribution in [0.3, 0.4) is 0 Å². The fraction of sp³-hybridized carbons (Fsp3) is 0. The third-order valence-electron chi connectivity index (χ3n) is 10.3. The summed E-state index contributed by atoms with van der Waals surface area (Å²) in [4.78, 5) is 10.2. The first-order valence-corrected chi connectivity index (χ1v) is 18.3. The molecule has 10 rings (SSSR count). The van der Waals surface area contributed by atoms with Crippen molar-refractivity contribution in [3.05, 3.63) is 194 Å². The molecule has 0 amide bonds. The molecule has 2 heterocycles. The average molecular weight is 702 g/mol. The van der Waals surface area contributed by atoms with E-state index in [9.17, 15) is 5.26 Å². The predicted molar refractivity (Wildman–Crippen MR) is 224 cm³/mol. The predicted octanol–water partition coefficient (Wildman–Crippen LogP) is 13.4. The van der Waals surface area contributed by atoms with Gasteiger partial charge < -0.3 is 4.42 Å². The van der Waals surface area contributed by atoms with Gasteiger partial charge in [0, 0.05) is 32.8 Å². The van der Waals surface area contributed by atoms with E-state index in [0.717, 1.165) is 94.2 Å². The van der Waals surface area contributed by atoms with E-state index in [1.807, 2.05) is 54.6 Å². The second kappa shape index (κ2) is 13.4. The zero-order valence-electron chi connectivity index (χ0n) is 29.6. The lowest BCUT2D eigenvalue weighted by Gasteiger charge is -2.11. The van der Waals surface area contributed by atoms with Crippen LogP contribution in [-0.4, -0.2) is 9.97 Å². The van der Waals surface area contributed by atoms with Gasteiger partial charge in [-0.2, -0.15) is 5.26 Å². The standard InChI is InChI=1S/C51H31N3O/c52-32-33-21-23-36(24-22-33)44-30-45-49-41(19-10-20-48(49)55-50(45)43-18-8-7-17-42(43)44)35-25-27-37(28-26-35)46-31-47(54-51(53-46)38-13-5-2-6-14-38)40-16-9-15-39(29-40)34-11-3-1-4-12-34/h1-31H. The molecule has 0 unspecified atom stereocenters. The molecular formula is C51H31N3O. The van der Waals surface area contributed by atoms with E-state index in [4.69, 9.17) is 14.4 Å². The molecule has 256 valence electrons. The van der Waals surface area contributed by atoms with E-state index in [1.54, 1.807) is 0 Å². The highest BCUT2D eigenvalue weighted by Gasteiger charge is 2.18. The third-order valence-corrected chi connectivity index (χ3v) is 10.3. The lowest BCUT2D eigenvalue weighted by Crippen LogP contribution is -1.96. The maximum Gasteiger partial charge on any atom is 0.160 e. The second-order valence-electron chi connectivity index (χ2n) is 13.7. The molecule has 0 radical (unpaired) electrons. The Labute approximate surface area is 318 Å². The second-order valence-corrected chi connectivity index (χ2v) is 13.7. The number of furan rings is 1. The molecule has 0 bridgehead atoms. The number of rotatable bonds is 6.